The molecule has 1 aliphatic heterocycles. The lowest BCUT2D eigenvalue weighted by molar-refractivity contribution is -0.604. The fourth-order valence-corrected chi connectivity index (χ4v) is 5.61. The molecule has 7 heteroatoms. The minimum absolute atomic E-state index is 0.172. The molecule has 0 aliphatic carbocycles. The quantitative estimate of drug-likeness (QED) is 0.506. The average Bonchev–Trinajstić information content (AvgIpc) is 3.06. The molecule has 0 atom stereocenters. The van der Waals surface area contributed by atoms with Crippen molar-refractivity contribution in [2.45, 2.75) is 25.2 Å². The molecule has 27 heavy (non-hydrogen) atoms. The van der Waals surface area contributed by atoms with Crippen LogP contribution in [-0.2, 0) is 16.4 Å². The number of pyridine rings is 1. The molecule has 0 radical (unpaired) electrons. The van der Waals surface area contributed by atoms with Gasteiger partial charge in [-0.25, -0.2) is 8.42 Å². The van der Waals surface area contributed by atoms with Crippen LogP contribution in [0, 0.1) is 30.4 Å². The highest BCUT2D eigenvalue weighted by Crippen LogP contribution is 2.37. The van der Waals surface area contributed by atoms with Crippen LogP contribution in [0.15, 0.2) is 47.6 Å². The highest BCUT2D eigenvalue weighted by molar-refractivity contribution is 7.93. The SMILES string of the molecule is Cc1cc(C#N)cc2c1CCN2S(=O)(=O)c1cccc2c[n+]([O-])cc(C)c12. The third-order valence-electron chi connectivity index (χ3n) is 5.02. The van der Waals surface area contributed by atoms with Gasteiger partial charge in [0.1, 0.15) is 0 Å². The zero-order chi connectivity index (χ0) is 19.3. The molecular formula is C20H17N3O3S. The number of benzene rings is 2. The summed E-state index contributed by atoms with van der Waals surface area (Å²) < 4.78 is 29.1. The fraction of sp³-hybridized carbons (Fsp3) is 0.200. The smallest absolute Gasteiger partial charge is 0.264 e. The molecule has 0 saturated carbocycles. The number of aromatic nitrogens is 1. The molecule has 0 amide bonds. The molecule has 0 unspecified atom stereocenters. The van der Waals surface area contributed by atoms with E-state index in [1.165, 1.54) is 16.7 Å². The van der Waals surface area contributed by atoms with Gasteiger partial charge in [-0.2, -0.15) is 9.99 Å². The summed E-state index contributed by atoms with van der Waals surface area (Å²) in [6.45, 7) is 3.95. The first-order chi connectivity index (χ1) is 12.8. The fourth-order valence-electron chi connectivity index (χ4n) is 3.84. The largest absolute Gasteiger partial charge is 0.619 e. The summed E-state index contributed by atoms with van der Waals surface area (Å²) in [6.07, 6.45) is 3.35. The molecule has 4 rings (SSSR count). The Kier molecular flexibility index (Phi) is 3.82. The number of nitriles is 1. The molecule has 0 fully saturated rings. The summed E-state index contributed by atoms with van der Waals surface area (Å²) in [4.78, 5) is 0.172. The third-order valence-corrected chi connectivity index (χ3v) is 6.88. The Labute approximate surface area is 157 Å². The minimum Gasteiger partial charge on any atom is -0.619 e. The van der Waals surface area contributed by atoms with Gasteiger partial charge in [-0.05, 0) is 55.7 Å². The number of rotatable bonds is 2. The van der Waals surface area contributed by atoms with E-state index in [0.29, 0.717) is 45.3 Å². The van der Waals surface area contributed by atoms with E-state index in [0.717, 1.165) is 11.1 Å². The van der Waals surface area contributed by atoms with Crippen LogP contribution in [-0.4, -0.2) is 15.0 Å². The predicted molar refractivity (Wildman–Crippen MR) is 102 cm³/mol. The Morgan fingerprint density at radius 3 is 2.70 bits per heavy atom. The lowest BCUT2D eigenvalue weighted by Gasteiger charge is -2.21. The summed E-state index contributed by atoms with van der Waals surface area (Å²) in [5.41, 5.74) is 3.48. The molecule has 0 N–H and O–H groups in total. The zero-order valence-electron chi connectivity index (χ0n) is 14.9. The minimum atomic E-state index is -3.84. The van der Waals surface area contributed by atoms with Gasteiger partial charge in [-0.1, -0.05) is 6.07 Å². The first-order valence-electron chi connectivity index (χ1n) is 8.51. The van der Waals surface area contributed by atoms with Crippen molar-refractivity contribution >= 4 is 26.5 Å². The maximum absolute atomic E-state index is 13.5. The van der Waals surface area contributed by atoms with Crippen molar-refractivity contribution in [2.24, 2.45) is 0 Å². The van der Waals surface area contributed by atoms with Crippen LogP contribution in [0.2, 0.25) is 0 Å². The summed E-state index contributed by atoms with van der Waals surface area (Å²) in [7, 11) is -3.84. The zero-order valence-corrected chi connectivity index (χ0v) is 15.7. The topological polar surface area (TPSA) is 88.1 Å². The summed E-state index contributed by atoms with van der Waals surface area (Å²) in [5.74, 6) is 0. The third kappa shape index (κ3) is 2.61. The number of hydrogen-bond donors (Lipinski definition) is 0. The van der Waals surface area contributed by atoms with Crippen LogP contribution in [0.3, 0.4) is 0 Å². The van der Waals surface area contributed by atoms with Crippen molar-refractivity contribution in [3.63, 3.8) is 0 Å². The Hall–Kier alpha value is -3.11. The van der Waals surface area contributed by atoms with E-state index in [4.69, 9.17) is 0 Å². The second kappa shape index (κ2) is 5.96. The molecule has 0 saturated heterocycles. The second-order valence-electron chi connectivity index (χ2n) is 6.75. The van der Waals surface area contributed by atoms with Gasteiger partial charge in [-0.3, -0.25) is 4.31 Å². The number of nitrogens with zero attached hydrogens (tertiary/aromatic N) is 3. The van der Waals surface area contributed by atoms with Crippen LogP contribution < -0.4 is 9.04 Å². The first-order valence-corrected chi connectivity index (χ1v) is 9.95. The Balaban J connectivity index is 1.95. The summed E-state index contributed by atoms with van der Waals surface area (Å²) in [6, 6.07) is 10.4. The highest BCUT2D eigenvalue weighted by Gasteiger charge is 2.33. The van der Waals surface area contributed by atoms with Crippen molar-refractivity contribution in [1.29, 1.82) is 5.26 Å². The van der Waals surface area contributed by atoms with Gasteiger partial charge < -0.3 is 5.21 Å². The van der Waals surface area contributed by atoms with Gasteiger partial charge in [0.15, 0.2) is 12.4 Å². The summed E-state index contributed by atoms with van der Waals surface area (Å²) in [5, 5.41) is 22.1. The number of aryl methyl sites for hydroxylation is 2. The molecule has 0 bridgehead atoms. The molecule has 1 aliphatic rings. The molecule has 136 valence electrons. The predicted octanol–water partition coefficient (Wildman–Crippen LogP) is 2.71. The van der Waals surface area contributed by atoms with Crippen molar-refractivity contribution < 1.29 is 13.1 Å². The number of sulfonamides is 1. The number of anilines is 1. The van der Waals surface area contributed by atoms with E-state index < -0.39 is 10.0 Å². The van der Waals surface area contributed by atoms with Crippen molar-refractivity contribution in [3.8, 4) is 6.07 Å². The molecule has 0 spiro atoms. The molecule has 3 aromatic rings. The van der Waals surface area contributed by atoms with Gasteiger partial charge in [0, 0.05) is 22.9 Å². The van der Waals surface area contributed by atoms with Gasteiger partial charge in [0.25, 0.3) is 10.0 Å². The Morgan fingerprint density at radius 2 is 1.96 bits per heavy atom. The highest BCUT2D eigenvalue weighted by atomic mass is 32.2. The Morgan fingerprint density at radius 1 is 1.19 bits per heavy atom. The van der Waals surface area contributed by atoms with Crippen LogP contribution in [0.25, 0.3) is 10.8 Å². The summed E-state index contributed by atoms with van der Waals surface area (Å²) >= 11 is 0. The first kappa shape index (κ1) is 17.3. The maximum atomic E-state index is 13.5. The van der Waals surface area contributed by atoms with E-state index in [1.54, 1.807) is 37.3 Å². The van der Waals surface area contributed by atoms with Crippen molar-refractivity contribution in [2.75, 3.05) is 10.8 Å². The van der Waals surface area contributed by atoms with Crippen molar-refractivity contribution in [1.82, 2.24) is 0 Å². The molecule has 1 aromatic heterocycles. The standard InChI is InChI=1S/C20H17N3O3S/c1-13-8-15(10-21)9-18-17(13)6-7-23(18)27(25,26)19-5-3-4-16-12-22(24)11-14(2)20(16)19/h3-5,8-9,11-12H,6-7H2,1-2H3. The van der Waals surface area contributed by atoms with Gasteiger partial charge in [-0.15, -0.1) is 0 Å². The molecule has 2 heterocycles. The van der Waals surface area contributed by atoms with Gasteiger partial charge in [0.2, 0.25) is 0 Å². The van der Waals surface area contributed by atoms with E-state index in [2.05, 4.69) is 6.07 Å². The lowest BCUT2D eigenvalue weighted by Crippen LogP contribution is -2.30. The van der Waals surface area contributed by atoms with Crippen LogP contribution >= 0.6 is 0 Å². The van der Waals surface area contributed by atoms with Gasteiger partial charge in [0.05, 0.1) is 22.2 Å². The lowest BCUT2D eigenvalue weighted by atomic mass is 10.0. The van der Waals surface area contributed by atoms with E-state index in [1.807, 2.05) is 6.92 Å². The van der Waals surface area contributed by atoms with Gasteiger partial charge >= 0.3 is 0 Å². The number of hydrogen-bond acceptors (Lipinski definition) is 4. The van der Waals surface area contributed by atoms with E-state index in [9.17, 15) is 18.9 Å². The maximum Gasteiger partial charge on any atom is 0.264 e. The van der Waals surface area contributed by atoms with E-state index in [-0.39, 0.29) is 4.90 Å². The van der Waals surface area contributed by atoms with Crippen molar-refractivity contribution in [3.05, 3.63) is 70.2 Å². The Bertz CT molecular complexity index is 1240. The molecular weight excluding hydrogens is 362 g/mol. The molecule has 6 nitrogen and oxygen atoms in total. The monoisotopic (exact) mass is 379 g/mol. The number of fused-ring (bicyclic) bond motifs is 2. The average molecular weight is 379 g/mol. The second-order valence-corrected chi connectivity index (χ2v) is 8.58. The van der Waals surface area contributed by atoms with Crippen LogP contribution in [0.4, 0.5) is 5.69 Å². The normalized spacial score (nSPS) is 13.6. The van der Waals surface area contributed by atoms with E-state index >= 15 is 0 Å². The van der Waals surface area contributed by atoms with Crippen LogP contribution in [0.5, 0.6) is 0 Å². The van der Waals surface area contributed by atoms with Crippen LogP contribution in [0.1, 0.15) is 22.3 Å². The molecule has 2 aromatic carbocycles.